The fraction of sp³-hybridized carbons (Fsp3) is 0.857. The Morgan fingerprint density at radius 1 is 1.26 bits per heavy atom. The summed E-state index contributed by atoms with van der Waals surface area (Å²) in [7, 11) is 0. The van der Waals surface area contributed by atoms with Gasteiger partial charge in [0.25, 0.3) is 0 Å². The van der Waals surface area contributed by atoms with Gasteiger partial charge in [0.2, 0.25) is 11.8 Å². The van der Waals surface area contributed by atoms with Crippen molar-refractivity contribution < 1.29 is 9.59 Å². The van der Waals surface area contributed by atoms with Crippen LogP contribution in [0, 0.1) is 11.3 Å². The maximum absolute atomic E-state index is 11.7. The molecule has 1 atom stereocenters. The molecule has 0 saturated heterocycles. The summed E-state index contributed by atoms with van der Waals surface area (Å²) in [5.74, 6) is -0.329. The molecule has 0 radical (unpaired) electrons. The predicted molar refractivity (Wildman–Crippen MR) is 75.4 cm³/mol. The molecular formula is C14H27N3O2. The van der Waals surface area contributed by atoms with Crippen molar-refractivity contribution in [1.82, 2.24) is 10.6 Å². The number of nitrogens with one attached hydrogen (secondary N) is 2. The van der Waals surface area contributed by atoms with Gasteiger partial charge in [-0.15, -0.1) is 0 Å². The highest BCUT2D eigenvalue weighted by Crippen LogP contribution is 2.42. The average molecular weight is 269 g/mol. The SMILES string of the molecule is CCC1(CNC(=O)CNC(=O)[C@@H](N)C(C)C)CCC1. The van der Waals surface area contributed by atoms with E-state index in [1.165, 1.54) is 19.3 Å². The maximum Gasteiger partial charge on any atom is 0.239 e. The second-order valence-corrected chi connectivity index (χ2v) is 5.97. The monoisotopic (exact) mass is 269 g/mol. The summed E-state index contributed by atoms with van der Waals surface area (Å²) in [5.41, 5.74) is 6.00. The summed E-state index contributed by atoms with van der Waals surface area (Å²) in [6.45, 7) is 6.65. The molecule has 5 heteroatoms. The van der Waals surface area contributed by atoms with Crippen LogP contribution in [-0.2, 0) is 9.59 Å². The molecule has 0 aromatic carbocycles. The average Bonchev–Trinajstić information content (AvgIpc) is 2.34. The van der Waals surface area contributed by atoms with E-state index >= 15 is 0 Å². The molecule has 1 aliphatic carbocycles. The van der Waals surface area contributed by atoms with Crippen LogP contribution in [0.4, 0.5) is 0 Å². The third-order valence-electron chi connectivity index (χ3n) is 4.27. The van der Waals surface area contributed by atoms with Crippen LogP contribution in [0.5, 0.6) is 0 Å². The van der Waals surface area contributed by atoms with E-state index in [4.69, 9.17) is 5.73 Å². The molecule has 5 nitrogen and oxygen atoms in total. The highest BCUT2D eigenvalue weighted by atomic mass is 16.2. The Morgan fingerprint density at radius 3 is 2.32 bits per heavy atom. The molecule has 1 fully saturated rings. The molecule has 0 aromatic rings. The Balaban J connectivity index is 2.23. The maximum atomic E-state index is 11.7. The molecule has 0 heterocycles. The summed E-state index contributed by atoms with van der Waals surface area (Å²) in [6, 6.07) is -0.554. The van der Waals surface area contributed by atoms with Gasteiger partial charge in [0.15, 0.2) is 0 Å². The fourth-order valence-electron chi connectivity index (χ4n) is 2.27. The van der Waals surface area contributed by atoms with E-state index in [-0.39, 0.29) is 24.3 Å². The largest absolute Gasteiger partial charge is 0.354 e. The Morgan fingerprint density at radius 2 is 1.89 bits per heavy atom. The molecule has 1 saturated carbocycles. The number of carbonyl (C=O) groups excluding carboxylic acids is 2. The smallest absolute Gasteiger partial charge is 0.239 e. The van der Waals surface area contributed by atoms with Crippen molar-refractivity contribution in [3.8, 4) is 0 Å². The normalized spacial score (nSPS) is 18.6. The Kier molecular flexibility index (Phi) is 5.79. The Bertz CT molecular complexity index is 319. The van der Waals surface area contributed by atoms with Crippen LogP contribution in [0.3, 0.4) is 0 Å². The Hall–Kier alpha value is -1.10. The quantitative estimate of drug-likeness (QED) is 0.638. The third kappa shape index (κ3) is 4.49. The topological polar surface area (TPSA) is 84.2 Å². The molecule has 4 N–H and O–H groups in total. The summed E-state index contributed by atoms with van der Waals surface area (Å²) in [4.78, 5) is 23.3. The number of amides is 2. The first-order valence-electron chi connectivity index (χ1n) is 7.20. The lowest BCUT2D eigenvalue weighted by Crippen LogP contribution is -2.49. The number of hydrogen-bond donors (Lipinski definition) is 3. The van der Waals surface area contributed by atoms with E-state index in [9.17, 15) is 9.59 Å². The van der Waals surface area contributed by atoms with Crippen molar-refractivity contribution in [1.29, 1.82) is 0 Å². The molecule has 1 rings (SSSR count). The molecule has 1 aliphatic rings. The molecular weight excluding hydrogens is 242 g/mol. The van der Waals surface area contributed by atoms with Gasteiger partial charge in [-0.1, -0.05) is 27.2 Å². The second-order valence-electron chi connectivity index (χ2n) is 5.97. The molecule has 0 bridgehead atoms. The number of hydrogen-bond acceptors (Lipinski definition) is 3. The van der Waals surface area contributed by atoms with Gasteiger partial charge in [-0.2, -0.15) is 0 Å². The highest BCUT2D eigenvalue weighted by molar-refractivity contribution is 5.87. The minimum atomic E-state index is -0.554. The summed E-state index contributed by atoms with van der Waals surface area (Å²) >= 11 is 0. The standard InChI is InChI=1S/C14H27N3O2/c1-4-14(6-5-7-14)9-17-11(18)8-16-13(19)12(15)10(2)3/h10,12H,4-9,15H2,1-3H3,(H,16,19)(H,17,18)/t12-/m0/s1. The van der Waals surface area contributed by atoms with Crippen molar-refractivity contribution in [2.24, 2.45) is 17.1 Å². The molecule has 0 aliphatic heterocycles. The van der Waals surface area contributed by atoms with Crippen LogP contribution in [0.25, 0.3) is 0 Å². The summed E-state index contributed by atoms with van der Waals surface area (Å²) in [6.07, 6.45) is 4.73. The molecule has 19 heavy (non-hydrogen) atoms. The number of rotatable bonds is 7. The lowest BCUT2D eigenvalue weighted by atomic mass is 9.67. The zero-order valence-corrected chi connectivity index (χ0v) is 12.3. The van der Waals surface area contributed by atoms with Crippen LogP contribution in [-0.4, -0.2) is 30.9 Å². The van der Waals surface area contributed by atoms with E-state index in [1.54, 1.807) is 0 Å². The van der Waals surface area contributed by atoms with Gasteiger partial charge in [0.05, 0.1) is 12.6 Å². The first-order valence-corrected chi connectivity index (χ1v) is 7.20. The first-order chi connectivity index (χ1) is 8.90. The summed E-state index contributed by atoms with van der Waals surface area (Å²) in [5, 5.41) is 5.48. The van der Waals surface area contributed by atoms with Crippen LogP contribution >= 0.6 is 0 Å². The van der Waals surface area contributed by atoms with E-state index < -0.39 is 6.04 Å². The van der Waals surface area contributed by atoms with E-state index in [2.05, 4.69) is 17.6 Å². The van der Waals surface area contributed by atoms with E-state index in [0.717, 1.165) is 6.42 Å². The van der Waals surface area contributed by atoms with Crippen LogP contribution in [0.15, 0.2) is 0 Å². The van der Waals surface area contributed by atoms with Gasteiger partial charge < -0.3 is 16.4 Å². The first kappa shape index (κ1) is 16.0. The minimum absolute atomic E-state index is 0.0129. The Labute approximate surface area is 115 Å². The molecule has 2 amide bonds. The van der Waals surface area contributed by atoms with Crippen molar-refractivity contribution in [3.05, 3.63) is 0 Å². The molecule has 0 spiro atoms. The van der Waals surface area contributed by atoms with Crippen LogP contribution < -0.4 is 16.4 Å². The van der Waals surface area contributed by atoms with Crippen molar-refractivity contribution in [2.45, 2.75) is 52.5 Å². The van der Waals surface area contributed by atoms with Gasteiger partial charge >= 0.3 is 0 Å². The van der Waals surface area contributed by atoms with Crippen LogP contribution in [0.1, 0.15) is 46.5 Å². The van der Waals surface area contributed by atoms with Gasteiger partial charge in [-0.05, 0) is 30.6 Å². The van der Waals surface area contributed by atoms with E-state index in [0.29, 0.717) is 12.0 Å². The van der Waals surface area contributed by atoms with Gasteiger partial charge in [-0.3, -0.25) is 9.59 Å². The predicted octanol–water partition coefficient (Wildman–Crippen LogP) is 0.782. The zero-order valence-electron chi connectivity index (χ0n) is 12.3. The third-order valence-corrected chi connectivity index (χ3v) is 4.27. The fourth-order valence-corrected chi connectivity index (χ4v) is 2.27. The second kappa shape index (κ2) is 6.89. The van der Waals surface area contributed by atoms with Crippen molar-refractivity contribution in [3.63, 3.8) is 0 Å². The van der Waals surface area contributed by atoms with Crippen molar-refractivity contribution >= 4 is 11.8 Å². The summed E-state index contributed by atoms with van der Waals surface area (Å²) < 4.78 is 0. The lowest BCUT2D eigenvalue weighted by molar-refractivity contribution is -0.127. The van der Waals surface area contributed by atoms with Crippen molar-refractivity contribution in [2.75, 3.05) is 13.1 Å². The number of nitrogens with two attached hydrogens (primary N) is 1. The highest BCUT2D eigenvalue weighted by Gasteiger charge is 2.35. The minimum Gasteiger partial charge on any atom is -0.354 e. The van der Waals surface area contributed by atoms with Gasteiger partial charge in [0, 0.05) is 6.54 Å². The molecule has 110 valence electrons. The molecule has 0 aromatic heterocycles. The molecule has 0 unspecified atom stereocenters. The number of carbonyl (C=O) groups is 2. The van der Waals surface area contributed by atoms with Crippen LogP contribution in [0.2, 0.25) is 0 Å². The zero-order chi connectivity index (χ0) is 14.5. The van der Waals surface area contributed by atoms with Gasteiger partial charge in [-0.25, -0.2) is 0 Å². The van der Waals surface area contributed by atoms with E-state index in [1.807, 2.05) is 13.8 Å². The van der Waals surface area contributed by atoms with Gasteiger partial charge in [0.1, 0.15) is 0 Å². The lowest BCUT2D eigenvalue weighted by Gasteiger charge is -2.41.